The lowest BCUT2D eigenvalue weighted by atomic mass is 9.87. The standard InChI is InChI=1S/C12H5F19O/c1-2-32-3-4(13,14)5(15,16)6(17,18)7(19,20)8(21,22)9(23,24)10(25,26)11(27,28)12(29,30)31/h2H,1,3H2. The number of halogens is 19. The van der Waals surface area contributed by atoms with Gasteiger partial charge in [0, 0.05) is 0 Å². The highest BCUT2D eigenvalue weighted by Gasteiger charge is 2.96. The Kier molecular flexibility index (Phi) is 7.20. The summed E-state index contributed by atoms with van der Waals surface area (Å²) in [4.78, 5) is 0. The molecule has 0 N–H and O–H groups in total. The lowest BCUT2D eigenvalue weighted by Crippen LogP contribution is -2.76. The normalized spacial score (nSPS) is 16.2. The molecule has 0 atom stereocenters. The summed E-state index contributed by atoms with van der Waals surface area (Å²) in [5.41, 5.74) is 0. The summed E-state index contributed by atoms with van der Waals surface area (Å²) in [5.74, 6) is -66.6. The molecule has 0 heterocycles. The summed E-state index contributed by atoms with van der Waals surface area (Å²) in [6.07, 6.45) is -8.12. The second-order valence-electron chi connectivity index (χ2n) is 5.70. The van der Waals surface area contributed by atoms with Gasteiger partial charge in [-0.1, -0.05) is 6.58 Å². The highest BCUT2D eigenvalue weighted by molar-refractivity contribution is 5.16. The first kappa shape index (κ1) is 30.2. The van der Waals surface area contributed by atoms with Crippen LogP contribution in [0.2, 0.25) is 0 Å². The molecule has 192 valence electrons. The molecule has 0 aliphatic heterocycles. The van der Waals surface area contributed by atoms with Crippen molar-refractivity contribution in [3.8, 4) is 0 Å². The van der Waals surface area contributed by atoms with Crippen molar-refractivity contribution in [3.05, 3.63) is 12.8 Å². The summed E-state index contributed by atoms with van der Waals surface area (Å²) in [6.45, 7) is -0.673. The summed E-state index contributed by atoms with van der Waals surface area (Å²) < 4.78 is 249. The predicted molar refractivity (Wildman–Crippen MR) is 61.8 cm³/mol. The van der Waals surface area contributed by atoms with E-state index in [4.69, 9.17) is 0 Å². The Morgan fingerprint density at radius 3 is 0.938 bits per heavy atom. The lowest BCUT2D eigenvalue weighted by molar-refractivity contribution is -0.469. The molecule has 0 amide bonds. The zero-order valence-corrected chi connectivity index (χ0v) is 14.1. The van der Waals surface area contributed by atoms with E-state index in [1.165, 1.54) is 0 Å². The van der Waals surface area contributed by atoms with Gasteiger partial charge in [-0.3, -0.25) is 0 Å². The van der Waals surface area contributed by atoms with Gasteiger partial charge in [0.15, 0.2) is 6.61 Å². The van der Waals surface area contributed by atoms with Gasteiger partial charge >= 0.3 is 53.6 Å². The Balaban J connectivity index is 6.81. The Morgan fingerprint density at radius 1 is 0.438 bits per heavy atom. The zero-order valence-electron chi connectivity index (χ0n) is 14.1. The fourth-order valence-electron chi connectivity index (χ4n) is 1.65. The van der Waals surface area contributed by atoms with E-state index >= 15 is 0 Å². The van der Waals surface area contributed by atoms with Crippen LogP contribution in [0.5, 0.6) is 0 Å². The SMILES string of the molecule is C=COCC(F)(F)C(F)(F)C(F)(F)C(F)(F)C(F)(F)C(F)(F)C(F)(F)C(F)(F)C(F)(F)F. The maximum atomic E-state index is 13.3. The Morgan fingerprint density at radius 2 is 0.688 bits per heavy atom. The topological polar surface area (TPSA) is 9.23 Å². The van der Waals surface area contributed by atoms with Gasteiger partial charge in [-0.25, -0.2) is 0 Å². The van der Waals surface area contributed by atoms with Crippen molar-refractivity contribution < 1.29 is 88.2 Å². The molecule has 0 saturated carbocycles. The molecule has 0 aliphatic rings. The van der Waals surface area contributed by atoms with E-state index in [1.807, 2.05) is 0 Å². The van der Waals surface area contributed by atoms with Crippen LogP contribution in [0.4, 0.5) is 83.4 Å². The molecule has 0 radical (unpaired) electrons. The molecular formula is C12H5F19O. The highest BCUT2D eigenvalue weighted by atomic mass is 19.4. The van der Waals surface area contributed by atoms with Crippen molar-refractivity contribution in [2.75, 3.05) is 6.61 Å². The quantitative estimate of drug-likeness (QED) is 0.225. The van der Waals surface area contributed by atoms with Crippen molar-refractivity contribution in [2.45, 2.75) is 53.6 Å². The number of rotatable bonds is 10. The van der Waals surface area contributed by atoms with Crippen molar-refractivity contribution in [3.63, 3.8) is 0 Å². The minimum absolute atomic E-state index is 0.219. The monoisotopic (exact) mass is 526 g/mol. The third kappa shape index (κ3) is 3.69. The van der Waals surface area contributed by atoms with E-state index in [1.54, 1.807) is 0 Å². The zero-order chi connectivity index (χ0) is 26.6. The third-order valence-electron chi connectivity index (χ3n) is 3.56. The summed E-state index contributed by atoms with van der Waals surface area (Å²) in [5, 5.41) is 0. The van der Waals surface area contributed by atoms with Crippen LogP contribution in [0.25, 0.3) is 0 Å². The first-order valence-corrected chi connectivity index (χ1v) is 6.88. The first-order valence-electron chi connectivity index (χ1n) is 6.88. The van der Waals surface area contributed by atoms with Crippen molar-refractivity contribution in [2.24, 2.45) is 0 Å². The molecule has 0 aliphatic carbocycles. The molecule has 32 heavy (non-hydrogen) atoms. The number of hydrogen-bond donors (Lipinski definition) is 0. The van der Waals surface area contributed by atoms with Crippen LogP contribution >= 0.6 is 0 Å². The largest absolute Gasteiger partial charge is 0.495 e. The Bertz CT molecular complexity index is 687. The molecule has 0 bridgehead atoms. The predicted octanol–water partition coefficient (Wildman–Crippen LogP) is 6.79. The minimum atomic E-state index is -8.92. The smallest absolute Gasteiger partial charge is 0.460 e. The van der Waals surface area contributed by atoms with Crippen LogP contribution in [0, 0.1) is 0 Å². The lowest BCUT2D eigenvalue weighted by Gasteiger charge is -2.43. The summed E-state index contributed by atoms with van der Waals surface area (Å²) >= 11 is 0. The van der Waals surface area contributed by atoms with Crippen LogP contribution in [-0.2, 0) is 4.74 Å². The maximum absolute atomic E-state index is 13.3. The fourth-order valence-corrected chi connectivity index (χ4v) is 1.65. The summed E-state index contributed by atoms with van der Waals surface area (Å²) in [6, 6.07) is 0. The second-order valence-corrected chi connectivity index (χ2v) is 5.70. The number of hydrogen-bond acceptors (Lipinski definition) is 1. The summed E-state index contributed by atoms with van der Waals surface area (Å²) in [7, 11) is 0. The Labute approximate surface area is 162 Å². The number of alkyl halides is 19. The van der Waals surface area contributed by atoms with Crippen LogP contribution < -0.4 is 0 Å². The number of ether oxygens (including phenoxy) is 1. The molecule has 20 heteroatoms. The van der Waals surface area contributed by atoms with E-state index < -0.39 is 60.2 Å². The van der Waals surface area contributed by atoms with Crippen molar-refractivity contribution in [1.82, 2.24) is 0 Å². The third-order valence-corrected chi connectivity index (χ3v) is 3.56. The highest BCUT2D eigenvalue weighted by Crippen LogP contribution is 2.65. The average molecular weight is 526 g/mol. The minimum Gasteiger partial charge on any atom is -0.495 e. The molecule has 0 saturated heterocycles. The first-order chi connectivity index (χ1) is 13.6. The molecular weight excluding hydrogens is 521 g/mol. The molecule has 0 rings (SSSR count). The van der Waals surface area contributed by atoms with Gasteiger partial charge < -0.3 is 4.74 Å². The van der Waals surface area contributed by atoms with Crippen LogP contribution in [0.15, 0.2) is 12.8 Å². The molecule has 0 aromatic heterocycles. The molecule has 1 nitrogen and oxygen atoms in total. The van der Waals surface area contributed by atoms with Crippen molar-refractivity contribution in [1.29, 1.82) is 0 Å². The Hall–Kier alpha value is -1.79. The van der Waals surface area contributed by atoms with Gasteiger partial charge in [0.05, 0.1) is 6.26 Å². The van der Waals surface area contributed by atoms with Gasteiger partial charge in [-0.15, -0.1) is 0 Å². The van der Waals surface area contributed by atoms with Gasteiger partial charge in [-0.2, -0.15) is 83.4 Å². The van der Waals surface area contributed by atoms with E-state index in [2.05, 4.69) is 11.3 Å². The molecule has 0 fully saturated rings. The molecule has 0 aromatic rings. The van der Waals surface area contributed by atoms with Gasteiger partial charge in [-0.05, 0) is 0 Å². The van der Waals surface area contributed by atoms with E-state index in [0.29, 0.717) is 0 Å². The van der Waals surface area contributed by atoms with Crippen molar-refractivity contribution >= 4 is 0 Å². The van der Waals surface area contributed by atoms with Crippen LogP contribution in [0.1, 0.15) is 0 Å². The van der Waals surface area contributed by atoms with E-state index in [9.17, 15) is 83.4 Å². The van der Waals surface area contributed by atoms with Crippen LogP contribution in [0.3, 0.4) is 0 Å². The average Bonchev–Trinajstić information content (AvgIpc) is 2.57. The fraction of sp³-hybridized carbons (Fsp3) is 0.833. The van der Waals surface area contributed by atoms with Crippen LogP contribution in [-0.4, -0.2) is 60.2 Å². The second kappa shape index (κ2) is 7.63. The van der Waals surface area contributed by atoms with Gasteiger partial charge in [0.2, 0.25) is 0 Å². The molecule has 0 aromatic carbocycles. The van der Waals surface area contributed by atoms with Gasteiger partial charge in [0.25, 0.3) is 0 Å². The van der Waals surface area contributed by atoms with Gasteiger partial charge in [0.1, 0.15) is 0 Å². The molecule has 0 spiro atoms. The molecule has 0 unspecified atom stereocenters. The maximum Gasteiger partial charge on any atom is 0.460 e. The van der Waals surface area contributed by atoms with E-state index in [0.717, 1.165) is 0 Å². The van der Waals surface area contributed by atoms with E-state index in [-0.39, 0.29) is 6.26 Å².